The summed E-state index contributed by atoms with van der Waals surface area (Å²) in [5, 5.41) is 2.15. The van der Waals surface area contributed by atoms with Crippen LogP contribution in [0, 0.1) is 17.5 Å². The summed E-state index contributed by atoms with van der Waals surface area (Å²) in [4.78, 5) is 23.7. The van der Waals surface area contributed by atoms with E-state index in [1.54, 1.807) is 12.1 Å². The van der Waals surface area contributed by atoms with Crippen molar-refractivity contribution in [2.75, 3.05) is 5.32 Å². The van der Waals surface area contributed by atoms with Gasteiger partial charge in [-0.05, 0) is 37.1 Å². The number of rotatable bonds is 6. The second kappa shape index (κ2) is 8.32. The van der Waals surface area contributed by atoms with E-state index in [9.17, 15) is 22.8 Å². The molecule has 1 amide bonds. The van der Waals surface area contributed by atoms with Crippen LogP contribution in [-0.2, 0) is 20.7 Å². The monoisotopic (exact) mass is 351 g/mol. The fourth-order valence-electron chi connectivity index (χ4n) is 2.08. The average molecular weight is 351 g/mol. The summed E-state index contributed by atoms with van der Waals surface area (Å²) < 4.78 is 44.9. The number of ether oxygens (including phenoxy) is 1. The molecule has 2 rings (SSSR count). The molecule has 0 bridgehead atoms. The molecule has 0 aliphatic carbocycles. The number of carbonyl (C=O) groups excluding carboxylic acids is 2. The van der Waals surface area contributed by atoms with Gasteiger partial charge < -0.3 is 10.1 Å². The molecule has 0 spiro atoms. The molecule has 0 radical (unpaired) electrons. The molecule has 2 aromatic carbocycles. The third-order valence-corrected chi connectivity index (χ3v) is 3.42. The molecule has 1 N–H and O–H groups in total. The van der Waals surface area contributed by atoms with E-state index in [0.29, 0.717) is 5.56 Å². The van der Waals surface area contributed by atoms with Crippen LogP contribution in [-0.4, -0.2) is 18.0 Å². The van der Waals surface area contributed by atoms with E-state index in [-0.39, 0.29) is 18.5 Å². The molecule has 0 aliphatic rings. The van der Waals surface area contributed by atoms with Gasteiger partial charge in [-0.25, -0.2) is 13.2 Å². The van der Waals surface area contributed by atoms with E-state index >= 15 is 0 Å². The molecule has 0 saturated carbocycles. The zero-order chi connectivity index (χ0) is 18.4. The summed E-state index contributed by atoms with van der Waals surface area (Å²) in [7, 11) is 0. The maximum atomic E-state index is 13.5. The Hall–Kier alpha value is -2.83. The van der Waals surface area contributed by atoms with E-state index in [1.807, 2.05) is 0 Å². The summed E-state index contributed by atoms with van der Waals surface area (Å²) in [6.45, 7) is 1.30. The van der Waals surface area contributed by atoms with Gasteiger partial charge in [0.25, 0.3) is 5.91 Å². The number of carbonyl (C=O) groups is 2. The van der Waals surface area contributed by atoms with Crippen molar-refractivity contribution in [2.45, 2.75) is 25.9 Å². The SMILES string of the molecule is C[C@@H](OC(=O)CCc1ccccc1F)C(=O)Nc1cc(F)ccc1F. The van der Waals surface area contributed by atoms with Gasteiger partial charge in [0, 0.05) is 12.5 Å². The predicted molar refractivity (Wildman–Crippen MR) is 85.3 cm³/mol. The van der Waals surface area contributed by atoms with Crippen LogP contribution in [0.3, 0.4) is 0 Å². The first-order valence-corrected chi connectivity index (χ1v) is 7.55. The number of esters is 1. The molecule has 0 heterocycles. The number of amides is 1. The smallest absolute Gasteiger partial charge is 0.306 e. The van der Waals surface area contributed by atoms with Crippen LogP contribution in [0.1, 0.15) is 18.9 Å². The fourth-order valence-corrected chi connectivity index (χ4v) is 2.08. The predicted octanol–water partition coefficient (Wildman–Crippen LogP) is 3.61. The van der Waals surface area contributed by atoms with Crippen LogP contribution < -0.4 is 5.32 Å². The van der Waals surface area contributed by atoms with Crippen LogP contribution in [0.15, 0.2) is 42.5 Å². The molecule has 7 heteroatoms. The summed E-state index contributed by atoms with van der Waals surface area (Å²) in [5.74, 6) is -3.46. The van der Waals surface area contributed by atoms with Gasteiger partial charge in [0.2, 0.25) is 0 Å². The summed E-state index contributed by atoms with van der Waals surface area (Å²) in [5.41, 5.74) is 0.0117. The molecule has 0 unspecified atom stereocenters. The minimum Gasteiger partial charge on any atom is -0.453 e. The van der Waals surface area contributed by atoms with Crippen molar-refractivity contribution in [2.24, 2.45) is 0 Å². The zero-order valence-electron chi connectivity index (χ0n) is 13.4. The van der Waals surface area contributed by atoms with Crippen molar-refractivity contribution in [1.29, 1.82) is 0 Å². The highest BCUT2D eigenvalue weighted by molar-refractivity contribution is 5.95. The van der Waals surface area contributed by atoms with Gasteiger partial charge in [-0.2, -0.15) is 0 Å². The van der Waals surface area contributed by atoms with Crippen LogP contribution in [0.5, 0.6) is 0 Å². The van der Waals surface area contributed by atoms with Crippen LogP contribution in [0.4, 0.5) is 18.9 Å². The molecule has 0 fully saturated rings. The number of benzene rings is 2. The standard InChI is InChI=1S/C18H16F3NO3/c1-11(18(24)22-16-10-13(19)7-8-15(16)21)25-17(23)9-6-12-4-2-3-5-14(12)20/h2-5,7-8,10-11H,6,9H2,1H3,(H,22,24)/t11-/m1/s1. The molecule has 0 saturated heterocycles. The fraction of sp³-hybridized carbons (Fsp3) is 0.222. The third-order valence-electron chi connectivity index (χ3n) is 3.42. The molecule has 25 heavy (non-hydrogen) atoms. The van der Waals surface area contributed by atoms with Gasteiger partial charge in [-0.3, -0.25) is 9.59 Å². The Balaban J connectivity index is 1.87. The Labute approximate surface area is 142 Å². The van der Waals surface area contributed by atoms with Crippen molar-refractivity contribution >= 4 is 17.6 Å². The van der Waals surface area contributed by atoms with Crippen LogP contribution >= 0.6 is 0 Å². The Bertz CT molecular complexity index is 780. The lowest BCUT2D eigenvalue weighted by Gasteiger charge is -2.14. The summed E-state index contributed by atoms with van der Waals surface area (Å²) >= 11 is 0. The zero-order valence-corrected chi connectivity index (χ0v) is 13.4. The molecular formula is C18H16F3NO3. The lowest BCUT2D eigenvalue weighted by atomic mass is 10.1. The normalized spacial score (nSPS) is 11.7. The van der Waals surface area contributed by atoms with Gasteiger partial charge >= 0.3 is 5.97 Å². The van der Waals surface area contributed by atoms with E-state index in [4.69, 9.17) is 4.74 Å². The van der Waals surface area contributed by atoms with Crippen molar-refractivity contribution in [3.63, 3.8) is 0 Å². The van der Waals surface area contributed by atoms with E-state index in [1.165, 1.54) is 19.1 Å². The van der Waals surface area contributed by atoms with E-state index in [0.717, 1.165) is 18.2 Å². The molecule has 2 aromatic rings. The van der Waals surface area contributed by atoms with Crippen molar-refractivity contribution in [3.05, 3.63) is 65.5 Å². The molecule has 132 valence electrons. The van der Waals surface area contributed by atoms with E-state index in [2.05, 4.69) is 5.32 Å². The first kappa shape index (κ1) is 18.5. The highest BCUT2D eigenvalue weighted by Gasteiger charge is 2.19. The van der Waals surface area contributed by atoms with Gasteiger partial charge in [-0.15, -0.1) is 0 Å². The minimum absolute atomic E-state index is 0.118. The number of anilines is 1. The van der Waals surface area contributed by atoms with Gasteiger partial charge in [0.1, 0.15) is 17.5 Å². The molecule has 0 aromatic heterocycles. The number of halogens is 3. The number of hydrogen-bond donors (Lipinski definition) is 1. The highest BCUT2D eigenvalue weighted by atomic mass is 19.1. The summed E-state index contributed by atoms with van der Waals surface area (Å²) in [6, 6.07) is 8.62. The number of aryl methyl sites for hydroxylation is 1. The maximum Gasteiger partial charge on any atom is 0.306 e. The minimum atomic E-state index is -1.21. The Morgan fingerprint density at radius 1 is 1.08 bits per heavy atom. The molecule has 1 atom stereocenters. The Morgan fingerprint density at radius 3 is 2.52 bits per heavy atom. The Morgan fingerprint density at radius 2 is 1.80 bits per heavy atom. The lowest BCUT2D eigenvalue weighted by Crippen LogP contribution is -2.30. The van der Waals surface area contributed by atoms with Crippen molar-refractivity contribution in [1.82, 2.24) is 0 Å². The van der Waals surface area contributed by atoms with Gasteiger partial charge in [0.05, 0.1) is 5.69 Å². The topological polar surface area (TPSA) is 55.4 Å². The van der Waals surface area contributed by atoms with Crippen LogP contribution in [0.2, 0.25) is 0 Å². The number of nitrogens with one attached hydrogen (secondary N) is 1. The second-order valence-corrected chi connectivity index (χ2v) is 5.34. The van der Waals surface area contributed by atoms with Crippen LogP contribution in [0.25, 0.3) is 0 Å². The molecular weight excluding hydrogens is 335 g/mol. The van der Waals surface area contributed by atoms with Crippen molar-refractivity contribution in [3.8, 4) is 0 Å². The lowest BCUT2D eigenvalue weighted by molar-refractivity contribution is -0.153. The third kappa shape index (κ3) is 5.34. The molecule has 0 aliphatic heterocycles. The van der Waals surface area contributed by atoms with Gasteiger partial charge in [-0.1, -0.05) is 18.2 Å². The first-order valence-electron chi connectivity index (χ1n) is 7.55. The van der Waals surface area contributed by atoms with E-state index < -0.39 is 35.4 Å². The molecule has 4 nitrogen and oxygen atoms in total. The largest absolute Gasteiger partial charge is 0.453 e. The maximum absolute atomic E-state index is 13.5. The Kier molecular flexibility index (Phi) is 6.16. The van der Waals surface area contributed by atoms with Crippen molar-refractivity contribution < 1.29 is 27.5 Å². The highest BCUT2D eigenvalue weighted by Crippen LogP contribution is 2.16. The summed E-state index contributed by atoms with van der Waals surface area (Å²) in [6.07, 6.45) is -1.21. The average Bonchev–Trinajstić information content (AvgIpc) is 2.57. The number of hydrogen-bond acceptors (Lipinski definition) is 3. The second-order valence-electron chi connectivity index (χ2n) is 5.34. The quantitative estimate of drug-likeness (QED) is 0.809. The van der Waals surface area contributed by atoms with Gasteiger partial charge in [0.15, 0.2) is 6.10 Å². The first-order chi connectivity index (χ1) is 11.9.